The highest BCUT2D eigenvalue weighted by Crippen LogP contribution is 2.20. The minimum absolute atomic E-state index is 0.155. The van der Waals surface area contributed by atoms with E-state index < -0.39 is 0 Å². The summed E-state index contributed by atoms with van der Waals surface area (Å²) in [7, 11) is 0. The van der Waals surface area contributed by atoms with E-state index in [-0.39, 0.29) is 11.7 Å². The van der Waals surface area contributed by atoms with Gasteiger partial charge in [0.1, 0.15) is 6.26 Å². The zero-order valence-electron chi connectivity index (χ0n) is 10.9. The Morgan fingerprint density at radius 2 is 2.05 bits per heavy atom. The second-order valence-corrected chi connectivity index (χ2v) is 5.44. The van der Waals surface area contributed by atoms with Crippen LogP contribution >= 0.6 is 11.3 Å². The first kappa shape index (κ1) is 13.4. The van der Waals surface area contributed by atoms with E-state index in [2.05, 4.69) is 5.32 Å². The maximum Gasteiger partial charge on any atom is 0.254 e. The van der Waals surface area contributed by atoms with Crippen molar-refractivity contribution in [2.75, 3.05) is 0 Å². The molecule has 0 unspecified atom stereocenters. The van der Waals surface area contributed by atoms with Crippen molar-refractivity contribution in [2.45, 2.75) is 6.54 Å². The summed E-state index contributed by atoms with van der Waals surface area (Å²) in [5.74, 6) is -0.0562. The molecule has 3 heterocycles. The molecule has 106 valence electrons. The molecule has 3 aromatic heterocycles. The van der Waals surface area contributed by atoms with Crippen LogP contribution in [-0.2, 0) is 6.54 Å². The Morgan fingerprint density at radius 3 is 2.76 bits per heavy atom. The van der Waals surface area contributed by atoms with Gasteiger partial charge in [0.15, 0.2) is 5.76 Å². The number of furan rings is 2. The third kappa shape index (κ3) is 2.95. The summed E-state index contributed by atoms with van der Waals surface area (Å²) in [6.07, 6.45) is 4.29. The summed E-state index contributed by atoms with van der Waals surface area (Å²) < 4.78 is 9.93. The first-order chi connectivity index (χ1) is 10.2. The topological polar surface area (TPSA) is 72.5 Å². The lowest BCUT2D eigenvalue weighted by Gasteiger charge is -2.00. The molecular formula is C15H11NO4S. The summed E-state index contributed by atoms with van der Waals surface area (Å²) in [6, 6.07) is 8.44. The largest absolute Gasteiger partial charge is 0.472 e. The molecule has 0 aliphatic carbocycles. The van der Waals surface area contributed by atoms with Gasteiger partial charge in [-0.1, -0.05) is 0 Å². The lowest BCUT2D eigenvalue weighted by Crippen LogP contribution is -2.21. The molecule has 0 spiro atoms. The minimum Gasteiger partial charge on any atom is -0.472 e. The van der Waals surface area contributed by atoms with Gasteiger partial charge in [-0.2, -0.15) is 0 Å². The van der Waals surface area contributed by atoms with Crippen LogP contribution in [0.5, 0.6) is 0 Å². The molecule has 0 fully saturated rings. The van der Waals surface area contributed by atoms with Crippen LogP contribution in [0.4, 0.5) is 0 Å². The van der Waals surface area contributed by atoms with Crippen molar-refractivity contribution in [1.29, 1.82) is 0 Å². The Balaban J connectivity index is 1.63. The van der Waals surface area contributed by atoms with Crippen molar-refractivity contribution in [3.8, 4) is 0 Å². The highest BCUT2D eigenvalue weighted by molar-refractivity contribution is 7.14. The molecule has 0 saturated carbocycles. The number of hydrogen-bond donors (Lipinski definition) is 1. The average molecular weight is 301 g/mol. The second-order valence-electron chi connectivity index (χ2n) is 4.27. The monoisotopic (exact) mass is 301 g/mol. The number of nitrogens with one attached hydrogen (secondary N) is 1. The van der Waals surface area contributed by atoms with Crippen LogP contribution in [0.15, 0.2) is 58.0 Å². The zero-order valence-corrected chi connectivity index (χ0v) is 11.7. The van der Waals surface area contributed by atoms with Gasteiger partial charge in [0.05, 0.1) is 29.5 Å². The van der Waals surface area contributed by atoms with Crippen molar-refractivity contribution in [2.24, 2.45) is 0 Å². The molecule has 0 saturated heterocycles. The van der Waals surface area contributed by atoms with E-state index in [0.717, 1.165) is 4.88 Å². The smallest absolute Gasteiger partial charge is 0.254 e. The third-order valence-corrected chi connectivity index (χ3v) is 3.92. The van der Waals surface area contributed by atoms with Crippen LogP contribution in [0.2, 0.25) is 0 Å². The maximum absolute atomic E-state index is 12.1. The van der Waals surface area contributed by atoms with Gasteiger partial charge in [-0.15, -0.1) is 11.3 Å². The van der Waals surface area contributed by atoms with Crippen LogP contribution < -0.4 is 5.32 Å². The van der Waals surface area contributed by atoms with E-state index in [0.29, 0.717) is 22.7 Å². The number of thiophene rings is 1. The fourth-order valence-electron chi connectivity index (χ4n) is 1.79. The normalized spacial score (nSPS) is 10.5. The number of rotatable bonds is 5. The number of amides is 1. The quantitative estimate of drug-likeness (QED) is 0.735. The SMILES string of the molecule is O=C(NCc1ccc(C(=O)c2ccco2)s1)c1ccoc1. The van der Waals surface area contributed by atoms with Crippen molar-refractivity contribution in [1.82, 2.24) is 5.32 Å². The number of carbonyl (C=O) groups excluding carboxylic acids is 2. The first-order valence-electron chi connectivity index (χ1n) is 6.21. The summed E-state index contributed by atoms with van der Waals surface area (Å²) in [4.78, 5) is 25.3. The maximum atomic E-state index is 12.1. The lowest BCUT2D eigenvalue weighted by atomic mass is 10.2. The highest BCUT2D eigenvalue weighted by Gasteiger charge is 2.14. The summed E-state index contributed by atoms with van der Waals surface area (Å²) in [6.45, 7) is 0.361. The molecule has 3 rings (SSSR count). The molecule has 6 heteroatoms. The van der Waals surface area contributed by atoms with E-state index in [1.54, 1.807) is 24.3 Å². The summed E-state index contributed by atoms with van der Waals surface area (Å²) in [5.41, 5.74) is 0.471. The van der Waals surface area contributed by atoms with E-state index in [4.69, 9.17) is 8.83 Å². The van der Waals surface area contributed by atoms with Crippen molar-refractivity contribution < 1.29 is 18.4 Å². The van der Waals surface area contributed by atoms with Gasteiger partial charge in [-0.3, -0.25) is 9.59 Å². The van der Waals surface area contributed by atoms with E-state index in [9.17, 15) is 9.59 Å². The predicted octanol–water partition coefficient (Wildman–Crippen LogP) is 3.10. The molecule has 3 aromatic rings. The molecule has 21 heavy (non-hydrogen) atoms. The minimum atomic E-state index is -0.212. The first-order valence-corrected chi connectivity index (χ1v) is 7.03. The number of carbonyl (C=O) groups is 2. The van der Waals surface area contributed by atoms with E-state index >= 15 is 0 Å². The average Bonchev–Trinajstić information content (AvgIpc) is 3.26. The Kier molecular flexibility index (Phi) is 3.70. The molecule has 1 N–H and O–H groups in total. The number of hydrogen-bond acceptors (Lipinski definition) is 5. The van der Waals surface area contributed by atoms with Crippen LogP contribution in [-0.4, -0.2) is 11.7 Å². The van der Waals surface area contributed by atoms with Crippen LogP contribution in [0, 0.1) is 0 Å². The van der Waals surface area contributed by atoms with Crippen molar-refractivity contribution in [3.05, 3.63) is 70.2 Å². The van der Waals surface area contributed by atoms with E-state index in [1.165, 1.54) is 30.1 Å². The number of ketones is 1. The van der Waals surface area contributed by atoms with Gasteiger partial charge in [0.2, 0.25) is 5.78 Å². The molecule has 0 atom stereocenters. The van der Waals surface area contributed by atoms with Gasteiger partial charge in [0.25, 0.3) is 5.91 Å². The van der Waals surface area contributed by atoms with Gasteiger partial charge in [-0.05, 0) is 30.3 Å². The highest BCUT2D eigenvalue weighted by atomic mass is 32.1. The molecular weight excluding hydrogens is 290 g/mol. The lowest BCUT2D eigenvalue weighted by molar-refractivity contribution is 0.0950. The fourth-order valence-corrected chi connectivity index (χ4v) is 2.68. The zero-order chi connectivity index (χ0) is 14.7. The molecule has 5 nitrogen and oxygen atoms in total. The molecule has 0 aliphatic rings. The van der Waals surface area contributed by atoms with Gasteiger partial charge in [0, 0.05) is 4.88 Å². The Labute approximate surface area is 124 Å². The molecule has 0 radical (unpaired) electrons. The molecule has 0 aliphatic heterocycles. The van der Waals surface area contributed by atoms with Crippen LogP contribution in [0.3, 0.4) is 0 Å². The Hall–Kier alpha value is -2.60. The Morgan fingerprint density at radius 1 is 1.14 bits per heavy atom. The summed E-state index contributed by atoms with van der Waals surface area (Å²) >= 11 is 1.33. The Bertz CT molecular complexity index is 741. The second kappa shape index (κ2) is 5.80. The van der Waals surface area contributed by atoms with Crippen LogP contribution in [0.1, 0.15) is 30.7 Å². The van der Waals surface area contributed by atoms with Gasteiger partial charge >= 0.3 is 0 Å². The fraction of sp³-hybridized carbons (Fsp3) is 0.0667. The van der Waals surface area contributed by atoms with Gasteiger partial charge in [-0.25, -0.2) is 0 Å². The predicted molar refractivity (Wildman–Crippen MR) is 76.3 cm³/mol. The van der Waals surface area contributed by atoms with E-state index in [1.807, 2.05) is 6.07 Å². The standard InChI is InChI=1S/C15H11NO4S/c17-14(12-2-1-6-20-12)13-4-3-11(21-13)8-16-15(18)10-5-7-19-9-10/h1-7,9H,8H2,(H,16,18). The molecule has 0 bridgehead atoms. The van der Waals surface area contributed by atoms with Crippen molar-refractivity contribution >= 4 is 23.0 Å². The summed E-state index contributed by atoms with van der Waals surface area (Å²) in [5, 5.41) is 2.77. The van der Waals surface area contributed by atoms with Crippen LogP contribution in [0.25, 0.3) is 0 Å². The van der Waals surface area contributed by atoms with Gasteiger partial charge < -0.3 is 14.2 Å². The molecule has 1 amide bonds. The third-order valence-electron chi connectivity index (χ3n) is 2.84. The van der Waals surface area contributed by atoms with Crippen molar-refractivity contribution in [3.63, 3.8) is 0 Å². The molecule has 0 aromatic carbocycles.